The fourth-order valence-electron chi connectivity index (χ4n) is 8.53. The number of benzene rings is 8. The van der Waals surface area contributed by atoms with Gasteiger partial charge in [-0.1, -0.05) is 0 Å². The molecule has 0 unspecified atom stereocenters. The number of nitrogens with zero attached hydrogens (tertiary/aromatic N) is 2. The van der Waals surface area contributed by atoms with Gasteiger partial charge >= 0.3 is 365 Å². The molecule has 14 heteroatoms. The topological polar surface area (TPSA) is 17.8 Å². The van der Waals surface area contributed by atoms with Crippen LogP contribution in [0.5, 0.6) is 0 Å². The second-order valence-electron chi connectivity index (χ2n) is 15.2. The molecule has 255 valence electrons. The number of allylic oxidation sites excluding steroid dienone is 2. The van der Waals surface area contributed by atoms with E-state index in [1.54, 1.807) is 13.0 Å². The Labute approximate surface area is 370 Å². The maximum absolute atomic E-state index is 7.51. The molecule has 0 aliphatic heterocycles. The second-order valence-corrected chi connectivity index (χ2v) is 15.2. The van der Waals surface area contributed by atoms with Crippen LogP contribution in [0.2, 0.25) is 0 Å². The minimum absolute atomic E-state index is 0.0975. The predicted octanol–water partition coefficient (Wildman–Crippen LogP) is 0.101. The molecular formula is C47H21B12N2. The molecule has 0 aliphatic rings. The summed E-state index contributed by atoms with van der Waals surface area (Å²) in [6, 6.07) is 35.2. The Morgan fingerprint density at radius 2 is 1.13 bits per heavy atom. The Hall–Kier alpha value is -5.60. The van der Waals surface area contributed by atoms with E-state index in [1.807, 2.05) is 89.5 Å². The molecule has 9 aromatic rings. The molecule has 2 nitrogen and oxygen atoms in total. The number of aromatic nitrogens is 2. The first-order chi connectivity index (χ1) is 29.2. The molecular weight excluding hydrogens is 722 g/mol. The van der Waals surface area contributed by atoms with Crippen molar-refractivity contribution in [3.8, 4) is 39.3 Å². The van der Waals surface area contributed by atoms with Crippen LogP contribution in [0.25, 0.3) is 88.2 Å². The van der Waals surface area contributed by atoms with E-state index in [2.05, 4.69) is 18.2 Å². The van der Waals surface area contributed by atoms with Gasteiger partial charge in [0.1, 0.15) is 7.85 Å². The molecule has 0 bridgehead atoms. The van der Waals surface area contributed by atoms with Crippen LogP contribution in [-0.2, 0) is 0 Å². The summed E-state index contributed by atoms with van der Waals surface area (Å²) in [6.07, 6.45) is 0. The number of hydrogen-bond donors (Lipinski definition) is 0. The van der Waals surface area contributed by atoms with Crippen LogP contribution in [0.15, 0.2) is 120 Å². The van der Waals surface area contributed by atoms with Gasteiger partial charge in [-0.3, -0.25) is 0 Å². The SMILES string of the molecule is [B]/C(C)=C([B])/C([B])=c1/c(-c2cccc(-c3nc4ccccc4n3-c3cc([B])c([B])c([B])c3[B])c2)c2c([B])c([B])c([B])c([B])c2c(-c2cc3ccccc3c3ccccc23)c1=[B]. The van der Waals surface area contributed by atoms with Crippen molar-refractivity contribution >= 4 is 186 Å². The maximum atomic E-state index is 7.51. The zero-order chi connectivity index (χ0) is 43.2. The number of rotatable bonds is 5. The van der Waals surface area contributed by atoms with Crippen molar-refractivity contribution in [2.45, 2.75) is 6.92 Å². The molecule has 0 amide bonds. The van der Waals surface area contributed by atoms with Gasteiger partial charge in [0, 0.05) is 0 Å². The molecule has 0 saturated carbocycles. The molecule has 9 rings (SSSR count). The van der Waals surface area contributed by atoms with Gasteiger partial charge in [-0.05, 0) is 0 Å². The van der Waals surface area contributed by atoms with Gasteiger partial charge < -0.3 is 0 Å². The van der Waals surface area contributed by atoms with E-state index < -0.39 is 0 Å². The molecule has 61 heavy (non-hydrogen) atoms. The Morgan fingerprint density at radius 1 is 0.541 bits per heavy atom. The van der Waals surface area contributed by atoms with E-state index >= 15 is 0 Å². The molecule has 1 heterocycles. The number of para-hydroxylation sites is 2. The Bertz CT molecular complexity index is 3530. The second kappa shape index (κ2) is 15.4. The summed E-state index contributed by atoms with van der Waals surface area (Å²) in [5.41, 5.74) is 6.97. The first-order valence-corrected chi connectivity index (χ1v) is 19.3. The van der Waals surface area contributed by atoms with Crippen molar-refractivity contribution in [1.29, 1.82) is 0 Å². The molecule has 0 fully saturated rings. The summed E-state index contributed by atoms with van der Waals surface area (Å²) in [5, 5.41) is 5.51. The van der Waals surface area contributed by atoms with E-state index in [4.69, 9.17) is 98.8 Å². The van der Waals surface area contributed by atoms with Crippen LogP contribution in [0.4, 0.5) is 0 Å². The summed E-state index contributed by atoms with van der Waals surface area (Å²) < 4.78 is 1.89. The quantitative estimate of drug-likeness (QED) is 0.181. The third-order valence-corrected chi connectivity index (χ3v) is 11.6. The summed E-state index contributed by atoms with van der Waals surface area (Å²) >= 11 is 0. The summed E-state index contributed by atoms with van der Waals surface area (Å²) in [7, 11) is 80.8. The van der Waals surface area contributed by atoms with Crippen LogP contribution in [-0.4, -0.2) is 103 Å². The third kappa shape index (κ3) is 6.35. The van der Waals surface area contributed by atoms with Crippen LogP contribution in [0.1, 0.15) is 6.92 Å². The summed E-state index contributed by atoms with van der Waals surface area (Å²) in [6.45, 7) is 1.66. The van der Waals surface area contributed by atoms with Crippen LogP contribution < -0.4 is 48.9 Å². The van der Waals surface area contributed by atoms with Crippen LogP contribution in [0, 0.1) is 5.11 Å². The van der Waals surface area contributed by atoms with Crippen molar-refractivity contribution < 1.29 is 0 Å². The van der Waals surface area contributed by atoms with Crippen molar-refractivity contribution in [2.75, 3.05) is 0 Å². The molecule has 0 spiro atoms. The summed E-state index contributed by atoms with van der Waals surface area (Å²) in [5.74, 6) is 0.516. The van der Waals surface area contributed by atoms with Gasteiger partial charge in [-0.2, -0.15) is 0 Å². The van der Waals surface area contributed by atoms with Gasteiger partial charge in [-0.25, -0.2) is 0 Å². The first-order valence-electron chi connectivity index (χ1n) is 19.3. The zero-order valence-corrected chi connectivity index (χ0v) is 33.2. The third-order valence-electron chi connectivity index (χ3n) is 11.6. The van der Waals surface area contributed by atoms with Crippen LogP contribution >= 0.6 is 0 Å². The van der Waals surface area contributed by atoms with Gasteiger partial charge in [0.2, 0.25) is 0 Å². The number of hydrogen-bond acceptors (Lipinski definition) is 1. The van der Waals surface area contributed by atoms with Gasteiger partial charge in [0.25, 0.3) is 0 Å². The molecule has 0 aliphatic carbocycles. The fraction of sp³-hybridized carbons (Fsp3) is 0.0213. The average Bonchev–Trinajstić information content (AvgIpc) is 3.66. The molecule has 0 N–H and O–H groups in total. The number of imidazole rings is 1. The standard InChI is InChI=1S/C47H21B12N2/c1-20(48)37(50)43(56)36-32(22-10-8-11-23(17-22)47-60-29-15-6-7-16-30(29)61(47)31-19-28(49)38(51)44(57)39(31)52)34-35(42(55)46(59)45(58)41(34)54)33(40(36)53)27-18-21-9-2-3-12-24(21)25-13-4-5-14-26(25)27/h2-19H,1H3/b37-20-,43-36+. The minimum atomic E-state index is 0.0975. The first kappa shape index (κ1) is 40.8. The molecule has 8 aromatic carbocycles. The predicted molar refractivity (Wildman–Crippen MR) is 271 cm³/mol. The van der Waals surface area contributed by atoms with E-state index in [-0.39, 0.29) is 65.2 Å². The Balaban J connectivity index is 1.47. The molecule has 23 radical (unpaired) electrons. The van der Waals surface area contributed by atoms with Crippen molar-refractivity contribution in [3.05, 3.63) is 130 Å². The van der Waals surface area contributed by atoms with Crippen molar-refractivity contribution in [2.24, 2.45) is 0 Å². The van der Waals surface area contributed by atoms with Gasteiger partial charge in [0.15, 0.2) is 0 Å². The van der Waals surface area contributed by atoms with E-state index in [1.165, 1.54) is 0 Å². The zero-order valence-electron chi connectivity index (χ0n) is 33.2. The molecule has 1 aromatic heterocycles. The van der Waals surface area contributed by atoms with Crippen LogP contribution in [0.3, 0.4) is 0 Å². The Morgan fingerprint density at radius 3 is 1.84 bits per heavy atom. The average molecular weight is 743 g/mol. The Kier molecular flexibility index (Phi) is 10.3. The fourth-order valence-corrected chi connectivity index (χ4v) is 8.53. The molecule has 0 atom stereocenters. The van der Waals surface area contributed by atoms with Crippen molar-refractivity contribution in [1.82, 2.24) is 9.55 Å². The van der Waals surface area contributed by atoms with Gasteiger partial charge in [0.05, 0.1) is 0 Å². The normalized spacial score (nSPS) is 12.7. The summed E-state index contributed by atoms with van der Waals surface area (Å²) in [4.78, 5) is 5.09. The number of fused-ring (bicyclic) bond motifs is 5. The van der Waals surface area contributed by atoms with E-state index in [0.717, 1.165) is 32.6 Å². The van der Waals surface area contributed by atoms with Crippen molar-refractivity contribution in [3.63, 3.8) is 0 Å². The molecule has 0 saturated heterocycles. The van der Waals surface area contributed by atoms with E-state index in [0.29, 0.717) is 55.3 Å². The monoisotopic (exact) mass is 745 g/mol. The van der Waals surface area contributed by atoms with E-state index in [9.17, 15) is 0 Å². The van der Waals surface area contributed by atoms with Gasteiger partial charge in [-0.15, -0.1) is 0 Å².